The van der Waals surface area contributed by atoms with E-state index in [1.807, 2.05) is 0 Å². The van der Waals surface area contributed by atoms with Gasteiger partial charge in [-0.15, -0.1) is 0 Å². The second-order valence-electron chi connectivity index (χ2n) is 4.52. The molecule has 0 saturated carbocycles. The van der Waals surface area contributed by atoms with E-state index in [1.165, 1.54) is 19.2 Å². The van der Waals surface area contributed by atoms with Gasteiger partial charge in [0.1, 0.15) is 6.33 Å². The van der Waals surface area contributed by atoms with Crippen LogP contribution in [0.4, 0.5) is 11.6 Å². The van der Waals surface area contributed by atoms with Gasteiger partial charge >= 0.3 is 0 Å². The number of anilines is 2. The highest BCUT2D eigenvalue weighted by Crippen LogP contribution is 2.29. The molecular weight excluding hydrogens is 242 g/mol. The molecule has 0 radical (unpaired) electrons. The van der Waals surface area contributed by atoms with E-state index in [0.29, 0.717) is 23.4 Å². The fourth-order valence-corrected chi connectivity index (χ4v) is 2.05. The maximum atomic E-state index is 5.42. The first-order valence-corrected chi connectivity index (χ1v) is 6.88. The standard InChI is InChI=1S/C13H25N5O/c1-4-6-8-10(7-5-2)17-12-11(19-3)13(18-14)16-9-15-12/h9-10H,4-8,14H2,1-3H3,(H2,15,16,17,18). The zero-order valence-corrected chi connectivity index (χ0v) is 12.1. The van der Waals surface area contributed by atoms with Gasteiger partial charge in [0.15, 0.2) is 11.6 Å². The number of nitrogens with one attached hydrogen (secondary N) is 2. The predicted molar refractivity (Wildman–Crippen MR) is 78.2 cm³/mol. The average Bonchev–Trinajstić information content (AvgIpc) is 2.44. The zero-order valence-electron chi connectivity index (χ0n) is 12.1. The van der Waals surface area contributed by atoms with Gasteiger partial charge < -0.3 is 15.5 Å². The van der Waals surface area contributed by atoms with E-state index in [0.717, 1.165) is 19.3 Å². The molecule has 1 aromatic rings. The molecule has 0 spiro atoms. The first-order valence-electron chi connectivity index (χ1n) is 6.88. The van der Waals surface area contributed by atoms with Crippen LogP contribution < -0.4 is 21.3 Å². The molecule has 0 fully saturated rings. The molecule has 4 N–H and O–H groups in total. The van der Waals surface area contributed by atoms with Gasteiger partial charge in [-0.1, -0.05) is 33.1 Å². The normalized spacial score (nSPS) is 12.0. The molecule has 19 heavy (non-hydrogen) atoms. The minimum absolute atomic E-state index is 0.402. The van der Waals surface area contributed by atoms with Crippen LogP contribution in [0.2, 0.25) is 0 Å². The lowest BCUT2D eigenvalue weighted by Crippen LogP contribution is -2.21. The molecule has 6 nitrogen and oxygen atoms in total. The number of aromatic nitrogens is 2. The Morgan fingerprint density at radius 3 is 2.53 bits per heavy atom. The molecule has 0 saturated heterocycles. The van der Waals surface area contributed by atoms with Gasteiger partial charge in [-0.05, 0) is 12.8 Å². The highest BCUT2D eigenvalue weighted by Gasteiger charge is 2.15. The van der Waals surface area contributed by atoms with E-state index in [1.54, 1.807) is 7.11 Å². The minimum atomic E-state index is 0.402. The summed E-state index contributed by atoms with van der Waals surface area (Å²) in [7, 11) is 1.59. The summed E-state index contributed by atoms with van der Waals surface area (Å²) >= 11 is 0. The Bertz CT molecular complexity index is 372. The summed E-state index contributed by atoms with van der Waals surface area (Å²) in [4.78, 5) is 8.28. The van der Waals surface area contributed by atoms with Crippen LogP contribution in [0.3, 0.4) is 0 Å². The van der Waals surface area contributed by atoms with Crippen LogP contribution >= 0.6 is 0 Å². The van der Waals surface area contributed by atoms with Crippen molar-refractivity contribution in [2.24, 2.45) is 5.84 Å². The Kier molecular flexibility index (Phi) is 6.95. The molecular formula is C13H25N5O. The first kappa shape index (κ1) is 15.5. The van der Waals surface area contributed by atoms with Crippen molar-refractivity contribution in [3.63, 3.8) is 0 Å². The van der Waals surface area contributed by atoms with Crippen LogP contribution in [-0.2, 0) is 0 Å². The van der Waals surface area contributed by atoms with Crippen molar-refractivity contribution in [1.29, 1.82) is 0 Å². The van der Waals surface area contributed by atoms with E-state index < -0.39 is 0 Å². The van der Waals surface area contributed by atoms with Gasteiger partial charge in [0, 0.05) is 6.04 Å². The molecule has 0 aliphatic heterocycles. The van der Waals surface area contributed by atoms with E-state index in [2.05, 4.69) is 34.6 Å². The number of unbranched alkanes of at least 4 members (excludes halogenated alkanes) is 1. The molecule has 0 aliphatic rings. The molecule has 6 heteroatoms. The molecule has 1 aromatic heterocycles. The number of methoxy groups -OCH3 is 1. The molecule has 1 heterocycles. The predicted octanol–water partition coefficient (Wildman–Crippen LogP) is 2.54. The number of rotatable bonds is 9. The number of ether oxygens (including phenoxy) is 1. The Hall–Kier alpha value is -1.56. The Labute approximate surface area is 115 Å². The van der Waals surface area contributed by atoms with Crippen molar-refractivity contribution >= 4 is 11.6 Å². The fourth-order valence-electron chi connectivity index (χ4n) is 2.05. The van der Waals surface area contributed by atoms with Crippen molar-refractivity contribution in [3.8, 4) is 5.75 Å². The van der Waals surface area contributed by atoms with E-state index in [-0.39, 0.29) is 0 Å². The Balaban J connectivity index is 2.82. The van der Waals surface area contributed by atoms with Gasteiger partial charge in [-0.2, -0.15) is 0 Å². The molecule has 108 valence electrons. The number of nitrogen functional groups attached to an aromatic ring is 1. The first-order chi connectivity index (χ1) is 9.26. The molecule has 1 unspecified atom stereocenters. The molecule has 0 aliphatic carbocycles. The van der Waals surface area contributed by atoms with Gasteiger partial charge in [0.2, 0.25) is 5.75 Å². The van der Waals surface area contributed by atoms with Crippen LogP contribution in [-0.4, -0.2) is 23.1 Å². The van der Waals surface area contributed by atoms with E-state index in [9.17, 15) is 0 Å². The molecule has 0 aromatic carbocycles. The average molecular weight is 267 g/mol. The number of hydrogen-bond acceptors (Lipinski definition) is 6. The topological polar surface area (TPSA) is 85.1 Å². The third-order valence-corrected chi connectivity index (χ3v) is 3.03. The minimum Gasteiger partial charge on any atom is -0.490 e. The van der Waals surface area contributed by atoms with Crippen LogP contribution in [0.15, 0.2) is 6.33 Å². The lowest BCUT2D eigenvalue weighted by atomic mass is 10.1. The summed E-state index contributed by atoms with van der Waals surface area (Å²) in [5.41, 5.74) is 2.52. The van der Waals surface area contributed by atoms with Gasteiger partial charge in [0.05, 0.1) is 7.11 Å². The highest BCUT2D eigenvalue weighted by molar-refractivity contribution is 5.63. The lowest BCUT2D eigenvalue weighted by molar-refractivity contribution is 0.413. The summed E-state index contributed by atoms with van der Waals surface area (Å²) < 4.78 is 5.32. The second-order valence-corrected chi connectivity index (χ2v) is 4.52. The number of hydrogen-bond donors (Lipinski definition) is 3. The maximum Gasteiger partial charge on any atom is 0.205 e. The largest absolute Gasteiger partial charge is 0.490 e. The van der Waals surface area contributed by atoms with Crippen molar-refractivity contribution in [2.75, 3.05) is 17.9 Å². The highest BCUT2D eigenvalue weighted by atomic mass is 16.5. The third kappa shape index (κ3) is 4.55. The van der Waals surface area contributed by atoms with E-state index >= 15 is 0 Å². The van der Waals surface area contributed by atoms with Crippen LogP contribution in [0.1, 0.15) is 46.0 Å². The Morgan fingerprint density at radius 2 is 1.95 bits per heavy atom. The monoisotopic (exact) mass is 267 g/mol. The van der Waals surface area contributed by atoms with Gasteiger partial charge in [-0.3, -0.25) is 0 Å². The van der Waals surface area contributed by atoms with Crippen LogP contribution in [0.25, 0.3) is 0 Å². The van der Waals surface area contributed by atoms with Gasteiger partial charge in [-0.25, -0.2) is 15.8 Å². The molecule has 1 rings (SSSR count). The Morgan fingerprint density at radius 1 is 1.21 bits per heavy atom. The van der Waals surface area contributed by atoms with Crippen LogP contribution in [0.5, 0.6) is 5.75 Å². The maximum absolute atomic E-state index is 5.42. The summed E-state index contributed by atoms with van der Waals surface area (Å²) in [5.74, 6) is 7.16. The summed E-state index contributed by atoms with van der Waals surface area (Å²) in [6.07, 6.45) is 7.24. The van der Waals surface area contributed by atoms with Crippen molar-refractivity contribution < 1.29 is 4.74 Å². The number of hydrazine groups is 1. The quantitative estimate of drug-likeness (QED) is 0.471. The van der Waals surface area contributed by atoms with E-state index in [4.69, 9.17) is 10.6 Å². The molecule has 1 atom stereocenters. The molecule has 0 amide bonds. The van der Waals surface area contributed by atoms with Crippen LogP contribution in [0, 0.1) is 0 Å². The third-order valence-electron chi connectivity index (χ3n) is 3.03. The smallest absolute Gasteiger partial charge is 0.205 e. The lowest BCUT2D eigenvalue weighted by Gasteiger charge is -2.20. The number of nitrogens with two attached hydrogens (primary N) is 1. The van der Waals surface area contributed by atoms with Crippen molar-refractivity contribution in [2.45, 2.75) is 52.0 Å². The SMILES string of the molecule is CCCCC(CCC)Nc1ncnc(NN)c1OC. The fraction of sp³-hybridized carbons (Fsp3) is 0.692. The molecule has 0 bridgehead atoms. The van der Waals surface area contributed by atoms with Crippen molar-refractivity contribution in [3.05, 3.63) is 6.33 Å². The summed E-state index contributed by atoms with van der Waals surface area (Å²) in [5, 5.41) is 3.44. The summed E-state index contributed by atoms with van der Waals surface area (Å²) in [6.45, 7) is 4.38. The summed E-state index contributed by atoms with van der Waals surface area (Å²) in [6, 6.07) is 0.402. The number of nitrogens with zero attached hydrogens (tertiary/aromatic N) is 2. The van der Waals surface area contributed by atoms with Crippen molar-refractivity contribution in [1.82, 2.24) is 9.97 Å². The van der Waals surface area contributed by atoms with Gasteiger partial charge in [0.25, 0.3) is 0 Å². The second kappa shape index (κ2) is 8.53. The zero-order chi connectivity index (χ0) is 14.1.